The smallest absolute Gasteiger partial charge is 0.353 e. The molecule has 5 heterocycles. The summed E-state index contributed by atoms with van der Waals surface area (Å²) in [6.45, 7) is 0.426. The highest BCUT2D eigenvalue weighted by Crippen LogP contribution is 2.58. The number of carboxylic acid groups (broad SMARTS) is 1. The van der Waals surface area contributed by atoms with Crippen LogP contribution in [0.5, 0.6) is 0 Å². The van der Waals surface area contributed by atoms with Crippen LogP contribution in [0.25, 0.3) is 0 Å². The highest BCUT2D eigenvalue weighted by Gasteiger charge is 2.75. The molecule has 2 amide bonds. The lowest BCUT2D eigenvalue weighted by molar-refractivity contribution is -0.174. The Kier molecular flexibility index (Phi) is 4.43. The van der Waals surface area contributed by atoms with Gasteiger partial charge < -0.3 is 15.7 Å². The third-order valence-corrected chi connectivity index (χ3v) is 9.27. The summed E-state index contributed by atoms with van der Waals surface area (Å²) in [6, 6.07) is -1.45. The van der Waals surface area contributed by atoms with Crippen molar-refractivity contribution in [3.63, 3.8) is 0 Å². The third kappa shape index (κ3) is 2.75. The van der Waals surface area contributed by atoms with Crippen molar-refractivity contribution in [2.45, 2.75) is 35.6 Å². The van der Waals surface area contributed by atoms with Crippen LogP contribution >= 0.6 is 11.8 Å². The lowest BCUT2D eigenvalue weighted by atomic mass is 9.67. The van der Waals surface area contributed by atoms with Crippen molar-refractivity contribution in [1.29, 1.82) is 0 Å². The number of nitrogens with one attached hydrogen (secondary N) is 2. The Morgan fingerprint density at radius 1 is 1.35 bits per heavy atom. The number of sulfone groups is 1. The van der Waals surface area contributed by atoms with Gasteiger partial charge in [0.1, 0.15) is 11.7 Å². The molecule has 0 saturated carbocycles. The van der Waals surface area contributed by atoms with Crippen LogP contribution in [0.3, 0.4) is 0 Å². The normalized spacial score (nSPS) is 33.3. The summed E-state index contributed by atoms with van der Waals surface area (Å²) in [5.74, 6) is -3.13. The van der Waals surface area contributed by atoms with Gasteiger partial charge in [-0.15, -0.1) is 5.10 Å². The van der Waals surface area contributed by atoms with E-state index in [1.807, 2.05) is 0 Å². The monoisotopic (exact) mass is 469 g/mol. The van der Waals surface area contributed by atoms with Crippen LogP contribution in [0.4, 0.5) is 0 Å². The molecule has 3 N–H and O–H groups in total. The predicted octanol–water partition coefficient (Wildman–Crippen LogP) is -2.53. The van der Waals surface area contributed by atoms with Crippen LogP contribution in [0.1, 0.15) is 12.8 Å². The van der Waals surface area contributed by atoms with Gasteiger partial charge in [-0.3, -0.25) is 14.5 Å². The van der Waals surface area contributed by atoms with E-state index in [1.54, 1.807) is 7.05 Å². The largest absolute Gasteiger partial charge is 0.477 e. The minimum Gasteiger partial charge on any atom is -0.477 e. The summed E-state index contributed by atoms with van der Waals surface area (Å²) in [6.07, 6.45) is 0.702. The van der Waals surface area contributed by atoms with E-state index in [2.05, 4.69) is 26.2 Å². The van der Waals surface area contributed by atoms with Gasteiger partial charge >= 0.3 is 5.97 Å². The number of carbonyl (C=O) groups excluding carboxylic acids is 2. The predicted molar refractivity (Wildman–Crippen MR) is 104 cm³/mol. The maximum Gasteiger partial charge on any atom is 0.353 e. The summed E-state index contributed by atoms with van der Waals surface area (Å²) in [5.41, 5.74) is -1.71. The lowest BCUT2D eigenvalue weighted by Crippen LogP contribution is -2.85. The molecule has 4 aliphatic heterocycles. The number of hydrogen-bond acceptors (Lipinski definition) is 10. The highest BCUT2D eigenvalue weighted by molar-refractivity contribution is 8.03. The van der Waals surface area contributed by atoms with Crippen LogP contribution in [0.2, 0.25) is 0 Å². The van der Waals surface area contributed by atoms with E-state index >= 15 is 0 Å². The molecular weight excluding hydrogens is 450 g/mol. The van der Waals surface area contributed by atoms with Crippen LogP contribution < -0.4 is 10.6 Å². The van der Waals surface area contributed by atoms with E-state index in [1.165, 1.54) is 4.68 Å². The van der Waals surface area contributed by atoms with Crippen molar-refractivity contribution in [2.24, 2.45) is 13.0 Å². The first-order valence-corrected chi connectivity index (χ1v) is 12.3. The maximum absolute atomic E-state index is 13.5. The minimum atomic E-state index is -3.23. The van der Waals surface area contributed by atoms with Crippen molar-refractivity contribution in [2.75, 3.05) is 18.1 Å². The van der Waals surface area contributed by atoms with Gasteiger partial charge in [0, 0.05) is 23.9 Å². The number of carbonyl (C=O) groups is 3. The number of aromatic nitrogens is 4. The molecule has 4 aliphatic rings. The fraction of sp³-hybridized carbons (Fsp3) is 0.625. The van der Waals surface area contributed by atoms with Gasteiger partial charge in [0.2, 0.25) is 17.0 Å². The van der Waals surface area contributed by atoms with Crippen LogP contribution in [0.15, 0.2) is 15.8 Å². The Bertz CT molecular complexity index is 1150. The van der Waals surface area contributed by atoms with Gasteiger partial charge in [0.25, 0.3) is 0 Å². The molecule has 0 aromatic carbocycles. The first-order valence-electron chi connectivity index (χ1n) is 9.63. The van der Waals surface area contributed by atoms with Crippen LogP contribution in [-0.2, 0) is 31.3 Å². The molecule has 0 bridgehead atoms. The third-order valence-electron chi connectivity index (χ3n) is 6.28. The molecule has 0 radical (unpaired) electrons. The maximum atomic E-state index is 13.5. The summed E-state index contributed by atoms with van der Waals surface area (Å²) in [4.78, 5) is 40.0. The first-order chi connectivity index (χ1) is 14.7. The number of nitrogens with zero attached hydrogens (tertiary/aromatic N) is 5. The standard InChI is InChI=1S/C16H19N7O6S2/c1-22-15(19-20-21-22)30-10-8-2-4-17-11-12(24)23(9(10)13(25)26)16(8,11)14(27)18-7-3-5-31(28,29)6-7/h7-8,11,17H,2-6H2,1H3,(H,18,27)(H,25,26)/t7-,8?,11?,16?/m0/s1. The summed E-state index contributed by atoms with van der Waals surface area (Å²) < 4.78 is 25.0. The summed E-state index contributed by atoms with van der Waals surface area (Å²) in [7, 11) is -1.62. The number of thioether (sulfide) groups is 1. The fourth-order valence-electron chi connectivity index (χ4n) is 4.98. The van der Waals surface area contributed by atoms with Gasteiger partial charge in [0.05, 0.1) is 11.5 Å². The molecule has 3 unspecified atom stereocenters. The van der Waals surface area contributed by atoms with Gasteiger partial charge in [-0.2, -0.15) is 0 Å². The number of aryl methyl sites for hydroxylation is 1. The van der Waals surface area contributed by atoms with E-state index in [0.717, 1.165) is 16.7 Å². The highest BCUT2D eigenvalue weighted by atomic mass is 32.2. The number of piperidine rings is 1. The van der Waals surface area contributed by atoms with Crippen molar-refractivity contribution in [3.05, 3.63) is 10.6 Å². The van der Waals surface area contributed by atoms with E-state index in [4.69, 9.17) is 0 Å². The number of rotatable bonds is 5. The minimum absolute atomic E-state index is 0.0163. The second kappa shape index (κ2) is 6.74. The molecule has 0 spiro atoms. The van der Waals surface area contributed by atoms with Crippen LogP contribution in [-0.4, -0.2) is 92.1 Å². The molecular formula is C16H19N7O6S2. The molecule has 0 aliphatic carbocycles. The van der Waals surface area contributed by atoms with Gasteiger partial charge in [-0.05, 0) is 41.6 Å². The Labute approximate surface area is 180 Å². The number of carboxylic acids is 1. The topological polar surface area (TPSA) is 176 Å². The Morgan fingerprint density at radius 2 is 2.13 bits per heavy atom. The average molecular weight is 470 g/mol. The Morgan fingerprint density at radius 3 is 2.74 bits per heavy atom. The first kappa shape index (κ1) is 20.4. The molecule has 5 rings (SSSR count). The Hall–Kier alpha value is -2.52. The summed E-state index contributed by atoms with van der Waals surface area (Å²) in [5, 5.41) is 27.3. The lowest BCUT2D eigenvalue weighted by Gasteiger charge is -2.57. The van der Waals surface area contributed by atoms with E-state index < -0.39 is 51.2 Å². The fourth-order valence-corrected chi connectivity index (χ4v) is 7.81. The van der Waals surface area contributed by atoms with Crippen molar-refractivity contribution >= 4 is 39.4 Å². The molecule has 15 heteroatoms. The zero-order chi connectivity index (χ0) is 22.1. The quantitative estimate of drug-likeness (QED) is 0.388. The second-order valence-corrected chi connectivity index (χ2v) is 11.2. The molecule has 1 aromatic rings. The van der Waals surface area contributed by atoms with Crippen molar-refractivity contribution < 1.29 is 27.9 Å². The number of tetrazole rings is 1. The number of aliphatic carboxylic acids is 1. The van der Waals surface area contributed by atoms with E-state index in [-0.39, 0.29) is 23.6 Å². The van der Waals surface area contributed by atoms with Gasteiger partial charge in [-0.1, -0.05) is 0 Å². The van der Waals surface area contributed by atoms with Gasteiger partial charge in [-0.25, -0.2) is 17.9 Å². The Balaban J connectivity index is 1.55. The number of β-lactam (4-membered cyclic amide) rings is 1. The average Bonchev–Trinajstić information content (AvgIpc) is 3.35. The van der Waals surface area contributed by atoms with Gasteiger partial charge in [0.15, 0.2) is 15.4 Å². The second-order valence-electron chi connectivity index (χ2n) is 8.01. The van der Waals surface area contributed by atoms with Crippen molar-refractivity contribution in [1.82, 2.24) is 35.7 Å². The number of amides is 2. The summed E-state index contributed by atoms with van der Waals surface area (Å²) >= 11 is 1.03. The number of hydrogen-bond donors (Lipinski definition) is 3. The SMILES string of the molecule is Cn1nnnc1SC1=C(C(=O)O)N2C(=O)C3NCCC1C32C(=O)N[C@H]1CCS(=O)(=O)C1. The molecule has 166 valence electrons. The molecule has 4 atom stereocenters. The zero-order valence-corrected chi connectivity index (χ0v) is 17.9. The zero-order valence-electron chi connectivity index (χ0n) is 16.3. The molecule has 3 fully saturated rings. The molecule has 31 heavy (non-hydrogen) atoms. The molecule has 1 aromatic heterocycles. The van der Waals surface area contributed by atoms with E-state index in [0.29, 0.717) is 23.0 Å². The van der Waals surface area contributed by atoms with Crippen molar-refractivity contribution in [3.8, 4) is 0 Å². The van der Waals surface area contributed by atoms with Crippen LogP contribution in [0, 0.1) is 5.92 Å². The molecule has 13 nitrogen and oxygen atoms in total. The van der Waals surface area contributed by atoms with E-state index in [9.17, 15) is 27.9 Å². The molecule has 3 saturated heterocycles.